The number of hydrogen-bond donors (Lipinski definition) is 4. The number of aliphatic hydroxyl groups is 1. The minimum atomic E-state index is -1.04. The van der Waals surface area contributed by atoms with Crippen LogP contribution in [0.4, 0.5) is 0 Å². The number of carbonyl (C=O) groups is 1. The molecule has 1 aromatic heterocycles. The van der Waals surface area contributed by atoms with Crippen molar-refractivity contribution in [3.8, 4) is 12.3 Å². The number of H-pyrrole nitrogens is 1. The van der Waals surface area contributed by atoms with Crippen molar-refractivity contribution in [3.63, 3.8) is 0 Å². The van der Waals surface area contributed by atoms with Crippen molar-refractivity contribution in [2.24, 2.45) is 10.7 Å². The van der Waals surface area contributed by atoms with E-state index in [9.17, 15) is 9.90 Å². The van der Waals surface area contributed by atoms with Gasteiger partial charge in [0.1, 0.15) is 12.4 Å². The van der Waals surface area contributed by atoms with E-state index in [1.807, 2.05) is 31.2 Å². The van der Waals surface area contributed by atoms with Gasteiger partial charge in [0.05, 0.1) is 38.7 Å². The van der Waals surface area contributed by atoms with E-state index in [0.717, 1.165) is 11.1 Å². The average molecular weight is 444 g/mol. The number of hydrogen-bond acceptors (Lipinski definition) is 8. The number of nitrogens with zero attached hydrogens (tertiary/aromatic N) is 2. The number of allylic oxidation sites excluding steroid dienone is 3. The first kappa shape index (κ1) is 25.4. The van der Waals surface area contributed by atoms with Crippen LogP contribution in [-0.2, 0) is 14.3 Å². The molecule has 4 atom stereocenters. The Bertz CT molecular complexity index is 828. The van der Waals surface area contributed by atoms with Crippen molar-refractivity contribution in [2.75, 3.05) is 26.4 Å². The zero-order chi connectivity index (χ0) is 23.3. The second-order valence-electron chi connectivity index (χ2n) is 7.30. The summed E-state index contributed by atoms with van der Waals surface area (Å²) < 4.78 is 10.8. The molecule has 0 amide bonds. The fraction of sp³-hybridized carbons (Fsp3) is 0.478. The Kier molecular flexibility index (Phi) is 10.7. The third-order valence-corrected chi connectivity index (χ3v) is 4.78. The van der Waals surface area contributed by atoms with Gasteiger partial charge >= 0.3 is 5.97 Å². The molecule has 0 bridgehead atoms. The van der Waals surface area contributed by atoms with Crippen LogP contribution in [0.3, 0.4) is 0 Å². The van der Waals surface area contributed by atoms with E-state index in [1.54, 1.807) is 30.6 Å². The third-order valence-electron chi connectivity index (χ3n) is 4.78. The molecule has 0 spiro atoms. The standard InChI is InChI=1S/C23H33N5O4/c1-4-7-9-17(8-5-2)14-31-15-19(24)22(29)27-20-13-28(16-26-20)21(23(30)32-6-3)18-10-11-25-12-18/h2,4,7,9-12,16,19-22,25,27,29H,6,8,13-15,24H2,1,3H3/b7-4-,17-9+/t19?,20-,21?,22?/m1/s1. The highest BCUT2D eigenvalue weighted by Crippen LogP contribution is 2.23. The molecule has 9 heteroatoms. The molecule has 0 aliphatic carbocycles. The van der Waals surface area contributed by atoms with Crippen LogP contribution in [0.1, 0.15) is 31.9 Å². The molecule has 0 radical (unpaired) electrons. The fourth-order valence-electron chi connectivity index (χ4n) is 3.18. The maximum Gasteiger partial charge on any atom is 0.333 e. The van der Waals surface area contributed by atoms with Crippen LogP contribution in [0.2, 0.25) is 0 Å². The number of esters is 1. The molecule has 32 heavy (non-hydrogen) atoms. The molecule has 1 aromatic rings. The number of aliphatic imine (C=N–C) groups is 1. The van der Waals surface area contributed by atoms with Crippen LogP contribution < -0.4 is 11.1 Å². The van der Waals surface area contributed by atoms with Gasteiger partial charge in [0.2, 0.25) is 0 Å². The topological polar surface area (TPSA) is 125 Å². The van der Waals surface area contributed by atoms with E-state index in [-0.39, 0.29) is 19.2 Å². The highest BCUT2D eigenvalue weighted by Gasteiger charge is 2.33. The Morgan fingerprint density at radius 2 is 2.41 bits per heavy atom. The molecule has 2 heterocycles. The number of rotatable bonds is 13. The van der Waals surface area contributed by atoms with Gasteiger partial charge in [-0.05, 0) is 25.5 Å². The lowest BCUT2D eigenvalue weighted by Crippen LogP contribution is -2.52. The van der Waals surface area contributed by atoms with Gasteiger partial charge in [0, 0.05) is 24.4 Å². The van der Waals surface area contributed by atoms with Gasteiger partial charge in [-0.2, -0.15) is 0 Å². The number of aromatic amines is 1. The lowest BCUT2D eigenvalue weighted by molar-refractivity contribution is -0.148. The minimum Gasteiger partial charge on any atom is -0.464 e. The molecule has 0 saturated carbocycles. The van der Waals surface area contributed by atoms with E-state index < -0.39 is 24.5 Å². The third kappa shape index (κ3) is 7.66. The number of nitrogens with two attached hydrogens (primary N) is 1. The molecule has 1 aliphatic heterocycles. The smallest absolute Gasteiger partial charge is 0.333 e. The molecule has 0 aromatic carbocycles. The molecular weight excluding hydrogens is 410 g/mol. The van der Waals surface area contributed by atoms with E-state index in [0.29, 0.717) is 19.6 Å². The van der Waals surface area contributed by atoms with E-state index in [1.165, 1.54) is 0 Å². The second-order valence-corrected chi connectivity index (χ2v) is 7.30. The highest BCUT2D eigenvalue weighted by atomic mass is 16.5. The first-order valence-corrected chi connectivity index (χ1v) is 10.6. The van der Waals surface area contributed by atoms with Gasteiger partial charge in [-0.1, -0.05) is 18.2 Å². The van der Waals surface area contributed by atoms with E-state index in [2.05, 4.69) is 21.2 Å². The van der Waals surface area contributed by atoms with Crippen LogP contribution in [0.5, 0.6) is 0 Å². The van der Waals surface area contributed by atoms with E-state index in [4.69, 9.17) is 21.6 Å². The average Bonchev–Trinajstić information content (AvgIpc) is 3.45. The summed E-state index contributed by atoms with van der Waals surface area (Å²) in [5.74, 6) is 2.23. The predicted octanol–water partition coefficient (Wildman–Crippen LogP) is 1.07. The molecular formula is C23H33N5O4. The van der Waals surface area contributed by atoms with Crippen molar-refractivity contribution >= 4 is 12.3 Å². The van der Waals surface area contributed by atoms with Gasteiger partial charge in [-0.25, -0.2) is 4.79 Å². The molecule has 1 aliphatic rings. The van der Waals surface area contributed by atoms with Crippen molar-refractivity contribution in [1.29, 1.82) is 0 Å². The van der Waals surface area contributed by atoms with Crippen LogP contribution in [0.25, 0.3) is 0 Å². The van der Waals surface area contributed by atoms with Gasteiger partial charge in [-0.15, -0.1) is 12.3 Å². The number of aliphatic hydroxyl groups excluding tert-OH is 1. The summed E-state index contributed by atoms with van der Waals surface area (Å²) in [7, 11) is 0. The molecule has 9 nitrogen and oxygen atoms in total. The molecule has 5 N–H and O–H groups in total. The van der Waals surface area contributed by atoms with Crippen LogP contribution in [0.15, 0.2) is 47.3 Å². The minimum absolute atomic E-state index is 0.140. The number of carbonyl (C=O) groups excluding carboxylic acids is 1. The Morgan fingerprint density at radius 3 is 3.06 bits per heavy atom. The first-order valence-electron chi connectivity index (χ1n) is 10.6. The molecule has 3 unspecified atom stereocenters. The zero-order valence-electron chi connectivity index (χ0n) is 18.6. The highest BCUT2D eigenvalue weighted by molar-refractivity contribution is 5.81. The summed E-state index contributed by atoms with van der Waals surface area (Å²) in [6, 6.07) is 0.528. The van der Waals surface area contributed by atoms with Gasteiger partial charge in [0.15, 0.2) is 6.04 Å². The molecule has 0 fully saturated rings. The van der Waals surface area contributed by atoms with E-state index >= 15 is 0 Å². The van der Waals surface area contributed by atoms with Gasteiger partial charge in [-0.3, -0.25) is 10.3 Å². The quantitative estimate of drug-likeness (QED) is 0.155. The molecule has 2 rings (SSSR count). The Labute approximate surface area is 189 Å². The Morgan fingerprint density at radius 1 is 1.59 bits per heavy atom. The number of terminal acetylenes is 1. The summed E-state index contributed by atoms with van der Waals surface area (Å²) in [5.41, 5.74) is 7.78. The summed E-state index contributed by atoms with van der Waals surface area (Å²) in [6.45, 7) is 4.82. The van der Waals surface area contributed by atoms with Crippen molar-refractivity contribution < 1.29 is 19.4 Å². The number of nitrogens with one attached hydrogen (secondary N) is 2. The molecule has 0 saturated heterocycles. The zero-order valence-corrected chi connectivity index (χ0v) is 18.6. The van der Waals surface area contributed by atoms with Crippen molar-refractivity contribution in [1.82, 2.24) is 15.2 Å². The summed E-state index contributed by atoms with van der Waals surface area (Å²) >= 11 is 0. The second kappa shape index (κ2) is 13.5. The van der Waals surface area contributed by atoms with Crippen molar-refractivity contribution in [2.45, 2.75) is 44.7 Å². The monoisotopic (exact) mass is 443 g/mol. The summed E-state index contributed by atoms with van der Waals surface area (Å²) in [6.07, 6.45) is 15.2. The number of aromatic nitrogens is 1. The fourth-order valence-corrected chi connectivity index (χ4v) is 3.18. The van der Waals surface area contributed by atoms with Gasteiger partial charge < -0.3 is 30.2 Å². The van der Waals surface area contributed by atoms with Gasteiger partial charge in [0.25, 0.3) is 0 Å². The maximum absolute atomic E-state index is 12.5. The largest absolute Gasteiger partial charge is 0.464 e. The summed E-state index contributed by atoms with van der Waals surface area (Å²) in [4.78, 5) is 21.6. The number of ether oxygens (including phenoxy) is 2. The maximum atomic E-state index is 12.5. The Hall–Kier alpha value is -2.90. The Balaban J connectivity index is 1.85. The van der Waals surface area contributed by atoms with Crippen LogP contribution >= 0.6 is 0 Å². The lowest BCUT2D eigenvalue weighted by atomic mass is 10.1. The SMILES string of the molecule is C#CC/C(=C\C=C/C)COCC(N)C(O)N[C@@H]1CN(C(C(=O)OCC)c2cc[nH]c2)C=N1. The normalized spacial score (nSPS) is 19.2. The molecule has 174 valence electrons. The summed E-state index contributed by atoms with van der Waals surface area (Å²) in [5, 5.41) is 13.4. The predicted molar refractivity (Wildman–Crippen MR) is 123 cm³/mol. The van der Waals surface area contributed by atoms with Crippen molar-refractivity contribution in [3.05, 3.63) is 47.8 Å². The van der Waals surface area contributed by atoms with Crippen LogP contribution in [-0.4, -0.2) is 72.1 Å². The lowest BCUT2D eigenvalue weighted by Gasteiger charge is -2.27. The first-order chi connectivity index (χ1) is 15.5. The van der Waals surface area contributed by atoms with Crippen LogP contribution in [0, 0.1) is 12.3 Å².